The van der Waals surface area contributed by atoms with E-state index in [4.69, 9.17) is 4.99 Å². The van der Waals surface area contributed by atoms with E-state index < -0.39 is 0 Å². The highest BCUT2D eigenvalue weighted by Gasteiger charge is 2.43. The highest BCUT2D eigenvalue weighted by Crippen LogP contribution is 2.40. The van der Waals surface area contributed by atoms with Gasteiger partial charge in [0.05, 0.1) is 6.04 Å². The summed E-state index contributed by atoms with van der Waals surface area (Å²) in [5, 5.41) is 0. The molecule has 0 N–H and O–H groups in total. The zero-order valence-corrected chi connectivity index (χ0v) is 23.1. The average Bonchev–Trinajstić information content (AvgIpc) is 3.01. The van der Waals surface area contributed by atoms with Crippen molar-refractivity contribution < 1.29 is 4.39 Å². The van der Waals surface area contributed by atoms with Gasteiger partial charge < -0.3 is 4.90 Å². The molecule has 6 fully saturated rings. The maximum Gasteiger partial charge on any atom is 0.123 e. The fourth-order valence-corrected chi connectivity index (χ4v) is 7.25. The predicted octanol–water partition coefficient (Wildman–Crippen LogP) is 6.84. The summed E-state index contributed by atoms with van der Waals surface area (Å²) < 4.78 is 13.6. The smallest absolute Gasteiger partial charge is 0.123 e. The molecule has 3 aromatic carbocycles. The monoisotopic (exact) mass is 523 g/mol. The van der Waals surface area contributed by atoms with Gasteiger partial charge in [-0.1, -0.05) is 72.8 Å². The third-order valence-corrected chi connectivity index (χ3v) is 9.42. The van der Waals surface area contributed by atoms with Crippen LogP contribution in [-0.4, -0.2) is 60.8 Å². The predicted molar refractivity (Wildman–Crippen MR) is 159 cm³/mol. The van der Waals surface area contributed by atoms with Gasteiger partial charge in [-0.15, -0.1) is 0 Å². The lowest BCUT2D eigenvalue weighted by molar-refractivity contribution is 0.111. The highest BCUT2D eigenvalue weighted by atomic mass is 19.1. The second-order valence-electron chi connectivity index (χ2n) is 11.8. The van der Waals surface area contributed by atoms with E-state index in [1.807, 2.05) is 6.07 Å². The summed E-state index contributed by atoms with van der Waals surface area (Å²) in [6.45, 7) is 7.19. The minimum absolute atomic E-state index is 0.168. The average molecular weight is 524 g/mol. The Morgan fingerprint density at radius 3 is 1.85 bits per heavy atom. The van der Waals surface area contributed by atoms with Crippen LogP contribution in [0.25, 0.3) is 0 Å². The number of benzene rings is 3. The lowest BCUT2D eigenvalue weighted by Gasteiger charge is -2.49. The first-order valence-corrected chi connectivity index (χ1v) is 15.1. The lowest BCUT2D eigenvalue weighted by atomic mass is 9.72. The Hall–Kier alpha value is -2.82. The van der Waals surface area contributed by atoms with Crippen molar-refractivity contribution >= 4 is 5.71 Å². The molecule has 6 saturated heterocycles. The topological polar surface area (TPSA) is 18.8 Å². The Morgan fingerprint density at radius 2 is 1.33 bits per heavy atom. The fourth-order valence-electron chi connectivity index (χ4n) is 7.25. The summed E-state index contributed by atoms with van der Waals surface area (Å²) in [4.78, 5) is 10.4. The molecule has 6 aliphatic heterocycles. The van der Waals surface area contributed by atoms with Crippen molar-refractivity contribution in [1.82, 2.24) is 9.80 Å². The minimum Gasteiger partial charge on any atom is -0.303 e. The van der Waals surface area contributed by atoms with E-state index in [1.54, 1.807) is 12.1 Å². The number of fused-ring (bicyclic) bond motifs is 6. The van der Waals surface area contributed by atoms with E-state index in [0.717, 1.165) is 37.5 Å². The van der Waals surface area contributed by atoms with Crippen LogP contribution in [0.4, 0.5) is 4.39 Å². The molecule has 3 aromatic rings. The van der Waals surface area contributed by atoms with Crippen molar-refractivity contribution in [3.8, 4) is 0 Å². The van der Waals surface area contributed by atoms with Gasteiger partial charge in [0, 0.05) is 24.1 Å². The number of nitrogens with zero attached hydrogens (tertiary/aromatic N) is 3. The van der Waals surface area contributed by atoms with Gasteiger partial charge in [0.15, 0.2) is 0 Å². The molecule has 0 aliphatic carbocycles. The van der Waals surface area contributed by atoms with Crippen LogP contribution in [0.3, 0.4) is 0 Å². The molecule has 4 heteroatoms. The van der Waals surface area contributed by atoms with E-state index in [2.05, 4.69) is 70.5 Å². The first-order chi connectivity index (χ1) is 19.2. The summed E-state index contributed by atoms with van der Waals surface area (Å²) in [7, 11) is 0. The third-order valence-electron chi connectivity index (χ3n) is 9.42. The minimum atomic E-state index is -0.168. The van der Waals surface area contributed by atoms with Crippen LogP contribution in [0.5, 0.6) is 0 Å². The molecule has 0 amide bonds. The molecule has 0 aromatic heterocycles. The summed E-state index contributed by atoms with van der Waals surface area (Å²) in [6, 6.07) is 29.0. The number of piperidine rings is 6. The second kappa shape index (κ2) is 12.6. The summed E-state index contributed by atoms with van der Waals surface area (Å²) in [5.74, 6) is 1.79. The molecule has 9 rings (SSSR count). The zero-order valence-electron chi connectivity index (χ0n) is 23.1. The maximum atomic E-state index is 13.6. The summed E-state index contributed by atoms with van der Waals surface area (Å²) in [5.41, 5.74) is 5.07. The van der Waals surface area contributed by atoms with Gasteiger partial charge in [-0.2, -0.15) is 0 Å². The lowest BCUT2D eigenvalue weighted by Crippen LogP contribution is -2.58. The fraction of sp³-hybridized carbons (Fsp3) is 0.457. The Balaban J connectivity index is 0.000000293. The Labute approximate surface area is 233 Å². The molecule has 204 valence electrons. The molecular weight excluding hydrogens is 481 g/mol. The van der Waals surface area contributed by atoms with E-state index in [0.29, 0.717) is 12.0 Å². The molecule has 1 atom stereocenters. The SMILES string of the molecule is C1CN2CCC1CC2.Fc1cccc(CCN=C2C3CCN(CC3)C2C(c2ccccc2)c2ccccc2)c1. The van der Waals surface area contributed by atoms with Crippen molar-refractivity contribution in [3.63, 3.8) is 0 Å². The van der Waals surface area contributed by atoms with Gasteiger partial charge in [-0.25, -0.2) is 4.39 Å². The van der Waals surface area contributed by atoms with Gasteiger partial charge in [0.1, 0.15) is 5.82 Å². The van der Waals surface area contributed by atoms with Crippen LogP contribution in [0.15, 0.2) is 89.9 Å². The van der Waals surface area contributed by atoms with Crippen molar-refractivity contribution in [3.05, 3.63) is 107 Å². The van der Waals surface area contributed by atoms with Gasteiger partial charge in [0.2, 0.25) is 0 Å². The molecule has 6 aliphatic rings. The highest BCUT2D eigenvalue weighted by molar-refractivity contribution is 5.94. The van der Waals surface area contributed by atoms with E-state index in [9.17, 15) is 4.39 Å². The largest absolute Gasteiger partial charge is 0.303 e. The third kappa shape index (κ3) is 6.34. The van der Waals surface area contributed by atoms with Crippen molar-refractivity contribution in [2.45, 2.75) is 50.5 Å². The first kappa shape index (κ1) is 26.4. The summed E-state index contributed by atoms with van der Waals surface area (Å²) >= 11 is 0. The maximum absolute atomic E-state index is 13.6. The molecule has 4 bridgehead atoms. The Kier molecular flexibility index (Phi) is 8.51. The normalized spacial score (nSPS) is 28.4. The number of aliphatic imine (C=N–C) groups is 1. The van der Waals surface area contributed by atoms with Gasteiger partial charge in [-0.3, -0.25) is 9.89 Å². The Morgan fingerprint density at radius 1 is 0.718 bits per heavy atom. The van der Waals surface area contributed by atoms with Crippen LogP contribution < -0.4 is 0 Å². The second-order valence-corrected chi connectivity index (χ2v) is 11.8. The van der Waals surface area contributed by atoms with E-state index >= 15 is 0 Å². The molecule has 3 nitrogen and oxygen atoms in total. The van der Waals surface area contributed by atoms with Gasteiger partial charge in [0.25, 0.3) is 0 Å². The van der Waals surface area contributed by atoms with E-state index in [-0.39, 0.29) is 11.7 Å². The van der Waals surface area contributed by atoms with Crippen LogP contribution in [0.2, 0.25) is 0 Å². The quantitative estimate of drug-likeness (QED) is 0.352. The number of halogens is 1. The van der Waals surface area contributed by atoms with Crippen LogP contribution >= 0.6 is 0 Å². The first-order valence-electron chi connectivity index (χ1n) is 15.1. The molecule has 39 heavy (non-hydrogen) atoms. The molecule has 0 radical (unpaired) electrons. The number of hydrogen-bond acceptors (Lipinski definition) is 3. The van der Waals surface area contributed by atoms with E-state index in [1.165, 1.54) is 74.6 Å². The van der Waals surface area contributed by atoms with Crippen LogP contribution in [0, 0.1) is 17.7 Å². The number of rotatable bonds is 6. The van der Waals surface area contributed by atoms with Gasteiger partial charge in [-0.05, 0) is 106 Å². The molecule has 6 heterocycles. The molecule has 0 spiro atoms. The van der Waals surface area contributed by atoms with Crippen LogP contribution in [-0.2, 0) is 6.42 Å². The molecular formula is C35H42FN3. The Bertz CT molecular complexity index is 1150. The number of hydrogen-bond donors (Lipinski definition) is 0. The summed E-state index contributed by atoms with van der Waals surface area (Å²) in [6.07, 6.45) is 7.64. The van der Waals surface area contributed by atoms with Crippen molar-refractivity contribution in [2.75, 3.05) is 39.3 Å². The van der Waals surface area contributed by atoms with Gasteiger partial charge >= 0.3 is 0 Å². The van der Waals surface area contributed by atoms with Crippen molar-refractivity contribution in [2.24, 2.45) is 16.8 Å². The van der Waals surface area contributed by atoms with Crippen LogP contribution in [0.1, 0.15) is 54.7 Å². The zero-order chi connectivity index (χ0) is 26.4. The molecule has 0 saturated carbocycles. The standard InChI is InChI=1S/C28H29FN2.C7H13N/c29-25-13-7-8-21(20-25)14-17-30-27-24-15-18-31(19-16-24)28(27)26(22-9-3-1-4-10-22)23-11-5-2-6-12-23;1-4-8-5-2-7(1)3-6-8/h1-13,20,24,26,28H,14-19H2;7H,1-6H2. The van der Waals surface area contributed by atoms with Crippen molar-refractivity contribution in [1.29, 1.82) is 0 Å². The molecule has 1 unspecified atom stereocenters.